The van der Waals surface area contributed by atoms with E-state index in [0.29, 0.717) is 0 Å². The van der Waals surface area contributed by atoms with E-state index in [1.54, 1.807) is 0 Å². The van der Waals surface area contributed by atoms with Gasteiger partial charge >= 0.3 is 0 Å². The molecular formula is C16H24N4. The third-order valence-corrected chi connectivity index (χ3v) is 4.79. The van der Waals surface area contributed by atoms with E-state index in [4.69, 9.17) is 10.7 Å². The van der Waals surface area contributed by atoms with Gasteiger partial charge in [-0.25, -0.2) is 4.98 Å². The number of imidazole rings is 1. The average Bonchev–Trinajstić information content (AvgIpc) is 2.90. The maximum absolute atomic E-state index is 6.10. The third kappa shape index (κ3) is 2.45. The van der Waals surface area contributed by atoms with Crippen LogP contribution in [0.3, 0.4) is 0 Å². The second-order valence-electron chi connectivity index (χ2n) is 6.04. The molecule has 0 radical (unpaired) electrons. The van der Waals surface area contributed by atoms with Crippen LogP contribution >= 0.6 is 0 Å². The molecule has 1 aliphatic rings. The van der Waals surface area contributed by atoms with Crippen LogP contribution in [0.4, 0.5) is 0 Å². The van der Waals surface area contributed by atoms with Crippen LogP contribution in [0, 0.1) is 0 Å². The first-order valence-electron chi connectivity index (χ1n) is 7.57. The van der Waals surface area contributed by atoms with Crippen molar-refractivity contribution in [3.8, 4) is 0 Å². The topological polar surface area (TPSA) is 46.6 Å². The van der Waals surface area contributed by atoms with Crippen molar-refractivity contribution in [3.63, 3.8) is 0 Å². The number of nitrogens with zero attached hydrogens (tertiary/aromatic N) is 3. The summed E-state index contributed by atoms with van der Waals surface area (Å²) in [6, 6.07) is 6.10. The normalized spacial score (nSPS) is 18.8. The van der Waals surface area contributed by atoms with E-state index in [9.17, 15) is 0 Å². The summed E-state index contributed by atoms with van der Waals surface area (Å²) in [5.74, 6) is 0. The first-order chi connectivity index (χ1) is 9.73. The van der Waals surface area contributed by atoms with Gasteiger partial charge in [0.15, 0.2) is 0 Å². The van der Waals surface area contributed by atoms with E-state index < -0.39 is 0 Å². The molecule has 2 heterocycles. The lowest BCUT2D eigenvalue weighted by atomic mass is 9.80. The number of fused-ring (bicyclic) bond motifs is 1. The quantitative estimate of drug-likeness (QED) is 0.930. The second-order valence-corrected chi connectivity index (χ2v) is 6.04. The summed E-state index contributed by atoms with van der Waals surface area (Å²) in [5, 5.41) is 0. The predicted octanol–water partition coefficient (Wildman–Crippen LogP) is 2.43. The Kier molecular flexibility index (Phi) is 3.76. The molecule has 0 unspecified atom stereocenters. The molecule has 4 heteroatoms. The predicted molar refractivity (Wildman–Crippen MR) is 81.5 cm³/mol. The van der Waals surface area contributed by atoms with Crippen LogP contribution in [0.2, 0.25) is 0 Å². The Bertz CT molecular complexity index is 536. The lowest BCUT2D eigenvalue weighted by Gasteiger charge is -2.43. The molecular weight excluding hydrogens is 248 g/mol. The van der Waals surface area contributed by atoms with E-state index in [2.05, 4.69) is 22.5 Å². The van der Waals surface area contributed by atoms with Crippen molar-refractivity contribution in [2.24, 2.45) is 5.73 Å². The summed E-state index contributed by atoms with van der Waals surface area (Å²) in [6.45, 7) is 1.62. The van der Waals surface area contributed by atoms with Crippen molar-refractivity contribution in [1.29, 1.82) is 0 Å². The molecule has 0 aromatic carbocycles. The summed E-state index contributed by atoms with van der Waals surface area (Å²) in [4.78, 5) is 7.12. The van der Waals surface area contributed by atoms with Crippen LogP contribution in [0.5, 0.6) is 0 Å². The number of hydrogen-bond acceptors (Lipinski definition) is 3. The van der Waals surface area contributed by atoms with Crippen LogP contribution in [0.15, 0.2) is 30.6 Å². The Morgan fingerprint density at radius 1 is 1.30 bits per heavy atom. The zero-order valence-electron chi connectivity index (χ0n) is 12.3. The average molecular weight is 272 g/mol. The maximum atomic E-state index is 6.10. The van der Waals surface area contributed by atoms with Crippen molar-refractivity contribution in [2.45, 2.75) is 44.2 Å². The van der Waals surface area contributed by atoms with Gasteiger partial charge in [-0.3, -0.25) is 4.90 Å². The highest BCUT2D eigenvalue weighted by Crippen LogP contribution is 2.32. The lowest BCUT2D eigenvalue weighted by molar-refractivity contribution is 0.0749. The molecule has 20 heavy (non-hydrogen) atoms. The van der Waals surface area contributed by atoms with Crippen LogP contribution < -0.4 is 5.73 Å². The van der Waals surface area contributed by atoms with Crippen LogP contribution in [-0.2, 0) is 6.54 Å². The van der Waals surface area contributed by atoms with Gasteiger partial charge in [-0.1, -0.05) is 25.3 Å². The van der Waals surface area contributed by atoms with Gasteiger partial charge in [0, 0.05) is 31.0 Å². The van der Waals surface area contributed by atoms with Crippen LogP contribution in [0.25, 0.3) is 5.65 Å². The number of rotatable bonds is 4. The molecule has 1 saturated carbocycles. The minimum atomic E-state index is 0.175. The number of nitrogens with two attached hydrogens (primary N) is 1. The Balaban J connectivity index is 1.78. The van der Waals surface area contributed by atoms with Gasteiger partial charge in [0.05, 0.1) is 5.69 Å². The SMILES string of the molecule is CN(Cc1cn2ccccc2n1)C1(CN)CCCCC1. The summed E-state index contributed by atoms with van der Waals surface area (Å²) < 4.78 is 2.08. The molecule has 0 atom stereocenters. The fourth-order valence-corrected chi connectivity index (χ4v) is 3.43. The standard InChI is InChI=1S/C16H24N4/c1-19(16(13-17)8-4-2-5-9-16)11-14-12-20-10-6-3-7-15(20)18-14/h3,6-7,10,12H,2,4-5,8-9,11,13,17H2,1H3. The van der Waals surface area contributed by atoms with Crippen molar-refractivity contribution in [3.05, 3.63) is 36.3 Å². The summed E-state index contributed by atoms with van der Waals surface area (Å²) in [6.07, 6.45) is 10.5. The van der Waals surface area contributed by atoms with Crippen molar-refractivity contribution < 1.29 is 0 Å². The summed E-state index contributed by atoms with van der Waals surface area (Å²) in [7, 11) is 2.20. The Labute approximate surface area is 120 Å². The van der Waals surface area contributed by atoms with Gasteiger partial charge in [0.1, 0.15) is 5.65 Å². The minimum absolute atomic E-state index is 0.175. The van der Waals surface area contributed by atoms with Gasteiger partial charge < -0.3 is 10.1 Å². The van der Waals surface area contributed by atoms with Gasteiger partial charge in [-0.05, 0) is 32.0 Å². The number of hydrogen-bond donors (Lipinski definition) is 1. The van der Waals surface area contributed by atoms with Gasteiger partial charge in [-0.2, -0.15) is 0 Å². The Morgan fingerprint density at radius 3 is 2.80 bits per heavy atom. The zero-order chi connectivity index (χ0) is 14.0. The monoisotopic (exact) mass is 272 g/mol. The third-order valence-electron chi connectivity index (χ3n) is 4.79. The van der Waals surface area contributed by atoms with Crippen LogP contribution in [0.1, 0.15) is 37.8 Å². The summed E-state index contributed by atoms with van der Waals surface area (Å²) >= 11 is 0. The molecule has 2 aromatic heterocycles. The molecule has 3 rings (SSSR count). The van der Waals surface area contributed by atoms with Crippen LogP contribution in [-0.4, -0.2) is 33.4 Å². The molecule has 1 aliphatic carbocycles. The molecule has 0 spiro atoms. The first kappa shape index (κ1) is 13.6. The molecule has 0 bridgehead atoms. The number of aromatic nitrogens is 2. The molecule has 2 aromatic rings. The summed E-state index contributed by atoms with van der Waals surface area (Å²) in [5.41, 5.74) is 8.41. The van der Waals surface area contributed by atoms with Gasteiger partial charge in [0.2, 0.25) is 0 Å². The molecule has 0 aliphatic heterocycles. The highest BCUT2D eigenvalue weighted by molar-refractivity contribution is 5.39. The molecule has 0 amide bonds. The molecule has 0 saturated heterocycles. The largest absolute Gasteiger partial charge is 0.329 e. The lowest BCUT2D eigenvalue weighted by Crippen LogP contribution is -2.52. The smallest absolute Gasteiger partial charge is 0.137 e. The number of likely N-dealkylation sites (N-methyl/N-ethyl adjacent to an activating group) is 1. The van der Waals surface area contributed by atoms with E-state index in [1.165, 1.54) is 32.1 Å². The van der Waals surface area contributed by atoms with Crippen molar-refractivity contribution in [2.75, 3.05) is 13.6 Å². The molecule has 1 fully saturated rings. The number of pyridine rings is 1. The van der Waals surface area contributed by atoms with E-state index in [1.807, 2.05) is 24.4 Å². The molecule has 108 valence electrons. The fourth-order valence-electron chi connectivity index (χ4n) is 3.43. The Morgan fingerprint density at radius 2 is 2.10 bits per heavy atom. The first-order valence-corrected chi connectivity index (χ1v) is 7.57. The highest BCUT2D eigenvalue weighted by Gasteiger charge is 2.34. The minimum Gasteiger partial charge on any atom is -0.329 e. The van der Waals surface area contributed by atoms with E-state index in [0.717, 1.165) is 24.4 Å². The zero-order valence-corrected chi connectivity index (χ0v) is 12.3. The maximum Gasteiger partial charge on any atom is 0.137 e. The second kappa shape index (κ2) is 5.54. The van der Waals surface area contributed by atoms with Gasteiger partial charge in [0.25, 0.3) is 0 Å². The Hall–Kier alpha value is -1.39. The molecule has 2 N–H and O–H groups in total. The fraction of sp³-hybridized carbons (Fsp3) is 0.562. The highest BCUT2D eigenvalue weighted by atomic mass is 15.2. The molecule has 4 nitrogen and oxygen atoms in total. The van der Waals surface area contributed by atoms with E-state index >= 15 is 0 Å². The van der Waals surface area contributed by atoms with Gasteiger partial charge in [-0.15, -0.1) is 0 Å². The van der Waals surface area contributed by atoms with Crippen molar-refractivity contribution in [1.82, 2.24) is 14.3 Å². The van der Waals surface area contributed by atoms with Crippen molar-refractivity contribution >= 4 is 5.65 Å². The van der Waals surface area contributed by atoms with E-state index in [-0.39, 0.29) is 5.54 Å².